The number of hydrogen-bond acceptors (Lipinski definition) is 11. The molecule has 16 heteroatoms. The molecule has 3 saturated heterocycles. The van der Waals surface area contributed by atoms with Crippen molar-refractivity contribution in [2.24, 2.45) is 0 Å². The van der Waals surface area contributed by atoms with Crippen LogP contribution in [0.1, 0.15) is 69.6 Å². The van der Waals surface area contributed by atoms with Crippen LogP contribution in [0.4, 0.5) is 24.4 Å². The summed E-state index contributed by atoms with van der Waals surface area (Å²) in [5.41, 5.74) is 1.46. The van der Waals surface area contributed by atoms with E-state index in [-0.39, 0.29) is 57.4 Å². The predicted molar refractivity (Wildman–Crippen MR) is 201 cm³/mol. The van der Waals surface area contributed by atoms with Crippen molar-refractivity contribution in [1.29, 1.82) is 5.26 Å². The highest BCUT2D eigenvalue weighted by Crippen LogP contribution is 2.50. The molecule has 54 heavy (non-hydrogen) atoms. The predicted octanol–water partition coefficient (Wildman–Crippen LogP) is 7.54. The number of nitrogens with one attached hydrogen (secondary N) is 2. The molecule has 12 nitrogen and oxygen atoms in total. The molecule has 0 radical (unpaired) electrons. The molecule has 2 amide bonds. The van der Waals surface area contributed by atoms with Gasteiger partial charge in [0.2, 0.25) is 5.91 Å². The van der Waals surface area contributed by atoms with Crippen LogP contribution in [0.25, 0.3) is 32.1 Å². The van der Waals surface area contributed by atoms with E-state index in [4.69, 9.17) is 35.8 Å². The van der Waals surface area contributed by atoms with Gasteiger partial charge in [0.15, 0.2) is 0 Å². The number of likely N-dealkylation sites (N-methyl/N-ethyl adjacent to an activating group) is 1. The quantitative estimate of drug-likeness (QED) is 0.193. The van der Waals surface area contributed by atoms with Crippen LogP contribution in [-0.2, 0) is 27.5 Å². The van der Waals surface area contributed by atoms with Crippen LogP contribution in [0.3, 0.4) is 0 Å². The maximum Gasteiger partial charge on any atom is 0.412 e. The first kappa shape index (κ1) is 36.6. The number of hydrogen-bond donors (Lipinski definition) is 2. The highest BCUT2D eigenvalue weighted by atomic mass is 35.5. The van der Waals surface area contributed by atoms with Gasteiger partial charge in [0.1, 0.15) is 47.1 Å². The van der Waals surface area contributed by atoms with Crippen molar-refractivity contribution < 1.29 is 32.6 Å². The fourth-order valence-corrected chi connectivity index (χ4v) is 9.83. The monoisotopic (exact) mass is 779 g/mol. The Hall–Kier alpha value is -4.36. The van der Waals surface area contributed by atoms with Gasteiger partial charge in [0.25, 0.3) is 0 Å². The number of likely N-dealkylation sites (tertiary alicyclic amines) is 1. The van der Waals surface area contributed by atoms with Crippen molar-refractivity contribution in [3.05, 3.63) is 39.7 Å². The largest absolute Gasteiger partial charge is 0.461 e. The van der Waals surface area contributed by atoms with E-state index < -0.39 is 35.3 Å². The fraction of sp³-hybridized carbons (Fsp3) is 0.500. The molecule has 3 fully saturated rings. The van der Waals surface area contributed by atoms with Crippen LogP contribution in [0.15, 0.2) is 12.1 Å². The molecule has 4 aliphatic rings. The molecule has 0 saturated carbocycles. The van der Waals surface area contributed by atoms with Crippen LogP contribution >= 0.6 is 22.9 Å². The van der Waals surface area contributed by atoms with Gasteiger partial charge in [-0.3, -0.25) is 15.0 Å². The molecule has 8 rings (SSSR count). The molecule has 3 atom stereocenters. The Kier molecular flexibility index (Phi) is 9.31. The summed E-state index contributed by atoms with van der Waals surface area (Å²) >= 11 is 8.33. The number of nitriles is 1. The molecular weight excluding hydrogens is 740 g/mol. The number of carbonyl (C=O) groups excluding carboxylic acids is 2. The van der Waals surface area contributed by atoms with Crippen LogP contribution in [0, 0.1) is 17.1 Å². The number of thiophene rings is 1. The number of nitrogens with zero attached hydrogens (tertiary/aromatic N) is 5. The molecule has 0 bridgehead atoms. The summed E-state index contributed by atoms with van der Waals surface area (Å²) in [7, 11) is 1.77. The SMILES string of the molecule is CN1CCC[C@@H](Nc2nc(OC[C@@]34CCCN3C[C@H](F)C4)nc3c(Cl)c(-c4ccc(F)c5sc(NC(=O)OC(C)(C)C)c(C#N)c45)c4c(c23)COC4)C1=O. The summed E-state index contributed by atoms with van der Waals surface area (Å²) in [4.78, 5) is 39.6. The number of alkyl halides is 1. The smallest absolute Gasteiger partial charge is 0.412 e. The van der Waals surface area contributed by atoms with E-state index >= 15 is 4.39 Å². The second-order valence-corrected chi connectivity index (χ2v) is 16.9. The van der Waals surface area contributed by atoms with Gasteiger partial charge in [-0.2, -0.15) is 15.2 Å². The lowest BCUT2D eigenvalue weighted by Crippen LogP contribution is -2.45. The first-order valence-corrected chi connectivity index (χ1v) is 19.3. The molecule has 2 N–H and O–H groups in total. The number of aromatic nitrogens is 2. The number of piperidine rings is 1. The Labute approximate surface area is 319 Å². The summed E-state index contributed by atoms with van der Waals surface area (Å²) < 4.78 is 48.1. The Bertz CT molecular complexity index is 2260. The van der Waals surface area contributed by atoms with Crippen molar-refractivity contribution in [2.45, 2.75) is 89.4 Å². The number of fused-ring (bicyclic) bond motifs is 5. The molecule has 4 aliphatic heterocycles. The van der Waals surface area contributed by atoms with E-state index in [9.17, 15) is 19.2 Å². The van der Waals surface area contributed by atoms with E-state index in [2.05, 4.69) is 21.6 Å². The highest BCUT2D eigenvalue weighted by molar-refractivity contribution is 7.23. The van der Waals surface area contributed by atoms with Crippen LogP contribution < -0.4 is 15.4 Å². The van der Waals surface area contributed by atoms with Gasteiger partial charge >= 0.3 is 12.1 Å². The Morgan fingerprint density at radius 1 is 1.20 bits per heavy atom. The summed E-state index contributed by atoms with van der Waals surface area (Å²) in [5, 5.41) is 17.6. The first-order chi connectivity index (χ1) is 25.8. The molecular formula is C38H40ClF2N7O5S. The van der Waals surface area contributed by atoms with Gasteiger partial charge in [-0.25, -0.2) is 13.6 Å². The molecule has 2 aromatic heterocycles. The van der Waals surface area contributed by atoms with Crippen LogP contribution in [0.2, 0.25) is 5.02 Å². The van der Waals surface area contributed by atoms with E-state index in [1.54, 1.807) is 38.8 Å². The second-order valence-electron chi connectivity index (χ2n) is 15.5. The van der Waals surface area contributed by atoms with Gasteiger partial charge in [-0.05, 0) is 75.8 Å². The van der Waals surface area contributed by atoms with Crippen molar-refractivity contribution in [2.75, 3.05) is 43.9 Å². The molecule has 0 unspecified atom stereocenters. The van der Waals surface area contributed by atoms with E-state index in [0.29, 0.717) is 59.3 Å². The zero-order valence-electron chi connectivity index (χ0n) is 30.4. The minimum Gasteiger partial charge on any atom is -0.461 e. The van der Waals surface area contributed by atoms with E-state index in [1.165, 1.54) is 6.07 Å². The van der Waals surface area contributed by atoms with E-state index in [1.807, 2.05) is 0 Å². The third-order valence-corrected chi connectivity index (χ3v) is 12.2. The lowest BCUT2D eigenvalue weighted by molar-refractivity contribution is -0.132. The van der Waals surface area contributed by atoms with Crippen LogP contribution in [0.5, 0.6) is 6.01 Å². The molecule has 2 aromatic carbocycles. The van der Waals surface area contributed by atoms with Gasteiger partial charge in [0.05, 0.1) is 44.9 Å². The number of amides is 2. The average Bonchev–Trinajstić information content (AvgIpc) is 3.88. The summed E-state index contributed by atoms with van der Waals surface area (Å²) in [6.45, 7) is 7.46. The average molecular weight is 780 g/mol. The molecule has 4 aromatic rings. The fourth-order valence-electron chi connectivity index (χ4n) is 8.41. The zero-order chi connectivity index (χ0) is 38.1. The van der Waals surface area contributed by atoms with E-state index in [0.717, 1.165) is 42.7 Å². The summed E-state index contributed by atoms with van der Waals surface area (Å²) in [5.74, 6) is -0.292. The van der Waals surface area contributed by atoms with Gasteiger partial charge in [0, 0.05) is 37.5 Å². The van der Waals surface area contributed by atoms with Crippen molar-refractivity contribution in [3.8, 4) is 23.2 Å². The highest BCUT2D eigenvalue weighted by Gasteiger charge is 2.49. The zero-order valence-corrected chi connectivity index (χ0v) is 32.0. The number of benzene rings is 2. The van der Waals surface area contributed by atoms with Crippen molar-refractivity contribution in [3.63, 3.8) is 0 Å². The molecule has 0 aliphatic carbocycles. The number of halogens is 3. The number of rotatable bonds is 7. The van der Waals surface area contributed by atoms with Gasteiger partial charge < -0.3 is 24.4 Å². The lowest BCUT2D eigenvalue weighted by atomic mass is 9.91. The maximum atomic E-state index is 15.6. The van der Waals surface area contributed by atoms with Gasteiger partial charge in [-0.15, -0.1) is 11.3 Å². The second kappa shape index (κ2) is 13.7. The summed E-state index contributed by atoms with van der Waals surface area (Å²) in [6, 6.07) is 4.47. The normalized spacial score (nSPS) is 22.8. The number of ether oxygens (including phenoxy) is 3. The third kappa shape index (κ3) is 6.36. The number of carbonyl (C=O) groups is 2. The topological polar surface area (TPSA) is 142 Å². The Morgan fingerprint density at radius 3 is 2.78 bits per heavy atom. The number of anilines is 2. The van der Waals surface area contributed by atoms with Gasteiger partial charge in [-0.1, -0.05) is 17.7 Å². The first-order valence-electron chi connectivity index (χ1n) is 18.1. The minimum absolute atomic E-state index is 0.0122. The summed E-state index contributed by atoms with van der Waals surface area (Å²) in [6.07, 6.45) is 1.75. The molecule has 0 spiro atoms. The van der Waals surface area contributed by atoms with Crippen molar-refractivity contribution in [1.82, 2.24) is 19.8 Å². The Balaban J connectivity index is 1.29. The third-order valence-electron chi connectivity index (χ3n) is 10.8. The minimum atomic E-state index is -0.944. The maximum absolute atomic E-state index is 15.6. The molecule has 284 valence electrons. The Morgan fingerprint density at radius 2 is 2.00 bits per heavy atom. The van der Waals surface area contributed by atoms with Crippen molar-refractivity contribution >= 4 is 66.7 Å². The standard InChI is InChI=1S/C38H40ClF2N7O5S/c1-37(2,3)53-36(50)46-33-21(14-42)27-20(8-9-24(41)31(27)54-33)26-22-16-51-17-23(22)28-30(29(26)39)44-35(45-32(28)43-25-7-5-11-47(4)34(25)49)52-18-38-10-6-12-48(38)15-19(40)13-38/h8-9,19,25H,5-7,10-13,15-18H2,1-4H3,(H,46,50)(H,43,44,45)/t19-,25-,38+/m1/s1. The van der Waals surface area contributed by atoms with Crippen LogP contribution in [-0.4, -0.2) is 88.4 Å². The lowest BCUT2D eigenvalue weighted by Gasteiger charge is -2.31. The molecule has 6 heterocycles.